The molecule has 0 unspecified atom stereocenters. The summed E-state index contributed by atoms with van der Waals surface area (Å²) in [5.41, 5.74) is 0.913. The Morgan fingerprint density at radius 2 is 2.00 bits per heavy atom. The van der Waals surface area contributed by atoms with Crippen molar-refractivity contribution < 1.29 is 9.59 Å². The third kappa shape index (κ3) is 2.22. The zero-order valence-corrected chi connectivity index (χ0v) is 12.0. The number of carbonyl (C=O) groups is 2. The maximum Gasteiger partial charge on any atom is 0.255 e. The molecule has 0 radical (unpaired) electrons. The Bertz CT molecular complexity index is 580. The first-order chi connectivity index (χ1) is 9.49. The van der Waals surface area contributed by atoms with Crippen LogP contribution in [0.3, 0.4) is 0 Å². The average molecular weight is 294 g/mol. The number of benzene rings is 1. The molecular weight excluding hydrogens is 278 g/mol. The van der Waals surface area contributed by atoms with Crippen molar-refractivity contribution in [1.29, 1.82) is 0 Å². The third-order valence-electron chi connectivity index (χ3n) is 4.02. The van der Waals surface area contributed by atoms with Crippen molar-refractivity contribution in [3.8, 4) is 0 Å². The number of anilines is 1. The van der Waals surface area contributed by atoms with Crippen LogP contribution in [0, 0.1) is 0 Å². The second-order valence-corrected chi connectivity index (χ2v) is 5.79. The van der Waals surface area contributed by atoms with Crippen molar-refractivity contribution in [2.75, 3.05) is 18.4 Å². The van der Waals surface area contributed by atoms with Crippen LogP contribution in [0.15, 0.2) is 18.2 Å². The van der Waals surface area contributed by atoms with Crippen LogP contribution in [-0.2, 0) is 4.79 Å². The Hall–Kier alpha value is -1.75. The summed E-state index contributed by atoms with van der Waals surface area (Å²) in [4.78, 5) is 25.4. The fourth-order valence-corrected chi connectivity index (χ4v) is 3.01. The molecule has 2 heterocycles. The van der Waals surface area contributed by atoms with E-state index in [1.807, 2.05) is 6.07 Å². The molecule has 20 heavy (non-hydrogen) atoms. The van der Waals surface area contributed by atoms with Gasteiger partial charge in [0.2, 0.25) is 5.91 Å². The Kier molecular flexibility index (Phi) is 3.09. The van der Waals surface area contributed by atoms with Crippen molar-refractivity contribution in [2.24, 2.45) is 0 Å². The summed E-state index contributed by atoms with van der Waals surface area (Å²) in [6.45, 7) is 2.86. The Morgan fingerprint density at radius 3 is 2.65 bits per heavy atom. The lowest BCUT2D eigenvalue weighted by atomic mass is 9.92. The van der Waals surface area contributed by atoms with Gasteiger partial charge in [-0.25, -0.2) is 0 Å². The summed E-state index contributed by atoms with van der Waals surface area (Å²) >= 11 is 5.92. The highest BCUT2D eigenvalue weighted by atomic mass is 35.5. The zero-order valence-electron chi connectivity index (χ0n) is 11.2. The van der Waals surface area contributed by atoms with Gasteiger partial charge in [0.15, 0.2) is 0 Å². The van der Waals surface area contributed by atoms with E-state index < -0.39 is 5.66 Å². The van der Waals surface area contributed by atoms with E-state index in [0.717, 1.165) is 5.69 Å². The van der Waals surface area contributed by atoms with Gasteiger partial charge in [-0.1, -0.05) is 11.6 Å². The first-order valence-electron chi connectivity index (χ1n) is 6.65. The standard InChI is InChI=1S/C14H16ClN3O2/c1-9(19)18-6-4-14(5-7-18)16-12-3-2-10(15)8-11(12)13(20)17-14/h2-3,8,16H,4-7H2,1H3,(H,17,20). The highest BCUT2D eigenvalue weighted by Crippen LogP contribution is 2.32. The molecule has 0 aromatic heterocycles. The van der Waals surface area contributed by atoms with Crippen molar-refractivity contribution in [3.63, 3.8) is 0 Å². The van der Waals surface area contributed by atoms with Gasteiger partial charge in [0.05, 0.1) is 5.56 Å². The van der Waals surface area contributed by atoms with Crippen molar-refractivity contribution >= 4 is 29.1 Å². The summed E-state index contributed by atoms with van der Waals surface area (Å²) in [5.74, 6) is -0.0355. The quantitative estimate of drug-likeness (QED) is 0.767. The molecule has 1 aromatic rings. The number of rotatable bonds is 0. The molecule has 0 atom stereocenters. The molecule has 2 N–H and O–H groups in total. The SMILES string of the molecule is CC(=O)N1CCC2(CC1)NC(=O)c1cc(Cl)ccc1N2. The third-order valence-corrected chi connectivity index (χ3v) is 4.25. The molecular formula is C14H16ClN3O2. The van der Waals surface area contributed by atoms with Crippen molar-refractivity contribution in [3.05, 3.63) is 28.8 Å². The van der Waals surface area contributed by atoms with Crippen LogP contribution in [-0.4, -0.2) is 35.5 Å². The molecule has 6 heteroatoms. The monoisotopic (exact) mass is 293 g/mol. The molecule has 1 fully saturated rings. The smallest absolute Gasteiger partial charge is 0.255 e. The summed E-state index contributed by atoms with van der Waals surface area (Å²) in [6, 6.07) is 5.26. The van der Waals surface area contributed by atoms with Crippen molar-refractivity contribution in [2.45, 2.75) is 25.4 Å². The van der Waals surface area contributed by atoms with Gasteiger partial charge in [0.1, 0.15) is 5.66 Å². The molecule has 5 nitrogen and oxygen atoms in total. The maximum atomic E-state index is 12.2. The summed E-state index contributed by atoms with van der Waals surface area (Å²) in [6.07, 6.45) is 1.39. The number of hydrogen-bond donors (Lipinski definition) is 2. The summed E-state index contributed by atoms with van der Waals surface area (Å²) < 4.78 is 0. The Morgan fingerprint density at radius 1 is 1.30 bits per heavy atom. The van der Waals surface area contributed by atoms with Gasteiger partial charge in [-0.2, -0.15) is 0 Å². The number of amides is 2. The van der Waals surface area contributed by atoms with Gasteiger partial charge >= 0.3 is 0 Å². The number of fused-ring (bicyclic) bond motifs is 1. The maximum absolute atomic E-state index is 12.2. The van der Waals surface area contributed by atoms with Gasteiger partial charge in [-0.3, -0.25) is 9.59 Å². The second-order valence-electron chi connectivity index (χ2n) is 5.36. The lowest BCUT2D eigenvalue weighted by molar-refractivity contribution is -0.130. The van der Waals surface area contributed by atoms with Crippen LogP contribution < -0.4 is 10.6 Å². The molecule has 3 rings (SSSR count). The second kappa shape index (κ2) is 4.66. The van der Waals surface area contributed by atoms with Gasteiger partial charge in [-0.05, 0) is 18.2 Å². The molecule has 106 valence electrons. The van der Waals surface area contributed by atoms with E-state index in [2.05, 4.69) is 10.6 Å². The van der Waals surface area contributed by atoms with Crippen molar-refractivity contribution in [1.82, 2.24) is 10.2 Å². The molecule has 0 aliphatic carbocycles. The fraction of sp³-hybridized carbons (Fsp3) is 0.429. The van der Waals surface area contributed by atoms with E-state index in [-0.39, 0.29) is 11.8 Å². The average Bonchev–Trinajstić information content (AvgIpc) is 2.40. The predicted octanol–water partition coefficient (Wildman–Crippen LogP) is 1.83. The minimum Gasteiger partial charge on any atom is -0.362 e. The van der Waals surface area contributed by atoms with E-state index in [1.54, 1.807) is 24.0 Å². The van der Waals surface area contributed by atoms with Crippen LogP contribution in [0.25, 0.3) is 0 Å². The van der Waals surface area contributed by atoms with E-state index in [1.165, 1.54) is 0 Å². The van der Waals surface area contributed by atoms with Gasteiger partial charge < -0.3 is 15.5 Å². The van der Waals surface area contributed by atoms with Gasteiger partial charge in [0, 0.05) is 43.6 Å². The lowest BCUT2D eigenvalue weighted by Gasteiger charge is -2.45. The van der Waals surface area contributed by atoms with E-state index >= 15 is 0 Å². The van der Waals surface area contributed by atoms with E-state index in [4.69, 9.17) is 11.6 Å². The largest absolute Gasteiger partial charge is 0.362 e. The number of carbonyl (C=O) groups excluding carboxylic acids is 2. The number of halogens is 1. The number of piperidine rings is 1. The highest BCUT2D eigenvalue weighted by molar-refractivity contribution is 6.31. The number of nitrogens with one attached hydrogen (secondary N) is 2. The zero-order chi connectivity index (χ0) is 14.3. The molecule has 1 spiro atoms. The van der Waals surface area contributed by atoms with Crippen LogP contribution in [0.2, 0.25) is 5.02 Å². The molecule has 2 aliphatic rings. The minimum absolute atomic E-state index is 0.0779. The first-order valence-corrected chi connectivity index (χ1v) is 7.03. The van der Waals surface area contributed by atoms with E-state index in [9.17, 15) is 9.59 Å². The summed E-state index contributed by atoms with van der Waals surface area (Å²) in [5, 5.41) is 6.97. The molecule has 2 aliphatic heterocycles. The predicted molar refractivity (Wildman–Crippen MR) is 76.8 cm³/mol. The van der Waals surface area contributed by atoms with E-state index in [0.29, 0.717) is 36.5 Å². The number of hydrogen-bond acceptors (Lipinski definition) is 3. The molecule has 0 saturated carbocycles. The van der Waals surface area contributed by atoms with Gasteiger partial charge in [0.25, 0.3) is 5.91 Å². The first kappa shape index (κ1) is 13.2. The van der Waals surface area contributed by atoms with Crippen LogP contribution in [0.1, 0.15) is 30.1 Å². The Labute approximate surface area is 122 Å². The molecule has 1 aromatic carbocycles. The number of likely N-dealkylation sites (tertiary alicyclic amines) is 1. The minimum atomic E-state index is -0.455. The van der Waals surface area contributed by atoms with Crippen LogP contribution in [0.5, 0.6) is 0 Å². The van der Waals surface area contributed by atoms with Crippen LogP contribution in [0.4, 0.5) is 5.69 Å². The normalized spacial score (nSPS) is 20.1. The number of nitrogens with zero attached hydrogens (tertiary/aromatic N) is 1. The fourth-order valence-electron chi connectivity index (χ4n) is 2.84. The Balaban J connectivity index is 1.83. The molecule has 0 bridgehead atoms. The molecule has 1 saturated heterocycles. The lowest BCUT2D eigenvalue weighted by Crippen LogP contribution is -2.62. The summed E-state index contributed by atoms with van der Waals surface area (Å²) in [7, 11) is 0. The highest BCUT2D eigenvalue weighted by Gasteiger charge is 2.40. The molecule has 2 amide bonds. The van der Waals surface area contributed by atoms with Crippen LogP contribution >= 0.6 is 11.6 Å². The van der Waals surface area contributed by atoms with Gasteiger partial charge in [-0.15, -0.1) is 0 Å². The topological polar surface area (TPSA) is 61.4 Å².